The van der Waals surface area contributed by atoms with E-state index in [0.717, 1.165) is 37.0 Å². The van der Waals surface area contributed by atoms with Crippen LogP contribution in [0.5, 0.6) is 0 Å². The molecule has 5 heteroatoms. The van der Waals surface area contributed by atoms with E-state index in [-0.39, 0.29) is 4.87 Å². The van der Waals surface area contributed by atoms with Gasteiger partial charge in [0.05, 0.1) is 13.2 Å². The number of aryl methyl sites for hydroxylation is 1. The van der Waals surface area contributed by atoms with E-state index in [1.807, 2.05) is 6.92 Å². The molecular weight excluding hydrogens is 188 g/mol. The quantitative estimate of drug-likeness (QED) is 0.721. The highest BCUT2D eigenvalue weighted by molar-refractivity contribution is 7.13. The summed E-state index contributed by atoms with van der Waals surface area (Å²) in [6.45, 7) is 5.21. The lowest BCUT2D eigenvalue weighted by molar-refractivity contribution is 0.123. The van der Waals surface area contributed by atoms with Crippen LogP contribution < -0.4 is 9.77 Å². The molecule has 1 fully saturated rings. The second kappa shape index (κ2) is 3.51. The Morgan fingerprint density at radius 1 is 1.46 bits per heavy atom. The number of nitrogens with one attached hydrogen (secondary N) is 1. The molecule has 13 heavy (non-hydrogen) atoms. The van der Waals surface area contributed by atoms with Crippen molar-refractivity contribution in [2.75, 3.05) is 31.2 Å². The van der Waals surface area contributed by atoms with Gasteiger partial charge in [0, 0.05) is 18.8 Å². The maximum absolute atomic E-state index is 11.1. The van der Waals surface area contributed by atoms with Gasteiger partial charge in [-0.25, -0.2) is 0 Å². The highest BCUT2D eigenvalue weighted by Crippen LogP contribution is 2.21. The molecule has 1 N–H and O–H groups in total. The molecule has 1 aliphatic rings. The molecule has 0 unspecified atom stereocenters. The Kier molecular flexibility index (Phi) is 2.37. The van der Waals surface area contributed by atoms with Crippen molar-refractivity contribution < 1.29 is 4.74 Å². The zero-order chi connectivity index (χ0) is 9.26. The molecule has 1 aromatic rings. The minimum absolute atomic E-state index is 0.0268. The summed E-state index contributed by atoms with van der Waals surface area (Å²) in [5.74, 6) is 0. The minimum atomic E-state index is 0.0268. The van der Waals surface area contributed by atoms with Gasteiger partial charge in [-0.15, -0.1) is 0 Å². The Balaban J connectivity index is 2.23. The number of aromatic nitrogens is 1. The first-order valence-electron chi connectivity index (χ1n) is 4.30. The third kappa shape index (κ3) is 1.76. The molecule has 0 saturated carbocycles. The second-order valence-electron chi connectivity index (χ2n) is 3.04. The number of morpholine rings is 1. The first-order valence-corrected chi connectivity index (χ1v) is 5.11. The molecule has 2 heterocycles. The maximum atomic E-state index is 11.1. The largest absolute Gasteiger partial charge is 0.378 e. The fourth-order valence-electron chi connectivity index (χ4n) is 1.46. The lowest BCUT2D eigenvalue weighted by Gasteiger charge is -2.27. The van der Waals surface area contributed by atoms with Crippen molar-refractivity contribution in [2.45, 2.75) is 6.92 Å². The fraction of sp³-hybridized carbons (Fsp3) is 0.625. The van der Waals surface area contributed by atoms with Crippen molar-refractivity contribution in [2.24, 2.45) is 0 Å². The highest BCUT2D eigenvalue weighted by Gasteiger charge is 2.15. The molecule has 1 aromatic heterocycles. The summed E-state index contributed by atoms with van der Waals surface area (Å²) in [6.07, 6.45) is 0. The normalized spacial score (nSPS) is 17.8. The molecule has 0 spiro atoms. The molecule has 0 aromatic carbocycles. The van der Waals surface area contributed by atoms with Crippen LogP contribution in [-0.4, -0.2) is 31.3 Å². The Labute approximate surface area is 80.1 Å². The number of nitrogens with zero attached hydrogens (tertiary/aromatic N) is 1. The van der Waals surface area contributed by atoms with E-state index < -0.39 is 0 Å². The third-order valence-electron chi connectivity index (χ3n) is 2.10. The van der Waals surface area contributed by atoms with Gasteiger partial charge < -0.3 is 14.6 Å². The van der Waals surface area contributed by atoms with Gasteiger partial charge >= 0.3 is 4.87 Å². The Morgan fingerprint density at radius 3 is 2.69 bits per heavy atom. The van der Waals surface area contributed by atoms with Gasteiger partial charge in [0.1, 0.15) is 5.00 Å². The van der Waals surface area contributed by atoms with Gasteiger partial charge in [-0.3, -0.25) is 4.79 Å². The second-order valence-corrected chi connectivity index (χ2v) is 4.01. The number of thiazole rings is 1. The summed E-state index contributed by atoms with van der Waals surface area (Å²) in [6, 6.07) is 0. The molecule has 0 bridgehead atoms. The summed E-state index contributed by atoms with van der Waals surface area (Å²) >= 11 is 1.28. The number of anilines is 1. The van der Waals surface area contributed by atoms with E-state index in [9.17, 15) is 4.79 Å². The van der Waals surface area contributed by atoms with Crippen LogP contribution in [-0.2, 0) is 4.74 Å². The number of ether oxygens (including phenoxy) is 1. The monoisotopic (exact) mass is 200 g/mol. The van der Waals surface area contributed by atoms with E-state index in [1.54, 1.807) is 0 Å². The van der Waals surface area contributed by atoms with E-state index in [1.165, 1.54) is 11.3 Å². The minimum Gasteiger partial charge on any atom is -0.378 e. The molecule has 0 atom stereocenters. The lowest BCUT2D eigenvalue weighted by Crippen LogP contribution is -2.36. The van der Waals surface area contributed by atoms with Crippen LogP contribution in [0, 0.1) is 6.92 Å². The lowest BCUT2D eigenvalue weighted by atomic mass is 10.4. The first kappa shape index (κ1) is 8.77. The molecular formula is C8H12N2O2S. The van der Waals surface area contributed by atoms with Gasteiger partial charge in [-0.2, -0.15) is 0 Å². The zero-order valence-electron chi connectivity index (χ0n) is 7.50. The highest BCUT2D eigenvalue weighted by atomic mass is 32.1. The molecule has 2 rings (SSSR count). The smallest absolute Gasteiger partial charge is 0.306 e. The van der Waals surface area contributed by atoms with Gasteiger partial charge in [-0.05, 0) is 6.92 Å². The molecule has 0 radical (unpaired) electrons. The van der Waals surface area contributed by atoms with Gasteiger partial charge in [0.15, 0.2) is 0 Å². The average molecular weight is 200 g/mol. The van der Waals surface area contributed by atoms with Crippen molar-refractivity contribution in [1.29, 1.82) is 0 Å². The number of rotatable bonds is 1. The fourth-order valence-corrected chi connectivity index (χ4v) is 2.36. The predicted molar refractivity (Wildman–Crippen MR) is 52.7 cm³/mol. The zero-order valence-corrected chi connectivity index (χ0v) is 8.32. The predicted octanol–water partition coefficient (Wildman–Crippen LogP) is 0.581. The van der Waals surface area contributed by atoms with Crippen molar-refractivity contribution in [1.82, 2.24) is 4.98 Å². The van der Waals surface area contributed by atoms with Gasteiger partial charge in [0.25, 0.3) is 0 Å². The molecule has 72 valence electrons. The Morgan fingerprint density at radius 2 is 2.15 bits per heavy atom. The Bertz CT molecular complexity index is 338. The molecule has 0 aliphatic carbocycles. The van der Waals surface area contributed by atoms with E-state index >= 15 is 0 Å². The van der Waals surface area contributed by atoms with Crippen LogP contribution in [0.4, 0.5) is 5.00 Å². The van der Waals surface area contributed by atoms with E-state index in [2.05, 4.69) is 9.88 Å². The number of aromatic amines is 1. The average Bonchev–Trinajstić information content (AvgIpc) is 2.47. The first-order chi connectivity index (χ1) is 6.27. The molecule has 0 amide bonds. The van der Waals surface area contributed by atoms with Crippen LogP contribution in [0.1, 0.15) is 5.69 Å². The summed E-state index contributed by atoms with van der Waals surface area (Å²) in [5, 5.41) is 1.06. The van der Waals surface area contributed by atoms with Crippen molar-refractivity contribution in [3.63, 3.8) is 0 Å². The standard InChI is InChI=1S/C8H12N2O2S/c1-6-7(13-8(11)9-6)10-2-4-12-5-3-10/h2-5H2,1H3,(H,9,11). The van der Waals surface area contributed by atoms with Crippen molar-refractivity contribution >= 4 is 16.3 Å². The van der Waals surface area contributed by atoms with E-state index in [4.69, 9.17) is 4.74 Å². The SMILES string of the molecule is Cc1[nH]c(=O)sc1N1CCOCC1. The topological polar surface area (TPSA) is 45.3 Å². The van der Waals surface area contributed by atoms with E-state index in [0.29, 0.717) is 0 Å². The van der Waals surface area contributed by atoms with Crippen LogP contribution in [0.15, 0.2) is 4.79 Å². The van der Waals surface area contributed by atoms with Crippen molar-refractivity contribution in [3.8, 4) is 0 Å². The molecule has 1 aliphatic heterocycles. The van der Waals surface area contributed by atoms with Crippen LogP contribution in [0.25, 0.3) is 0 Å². The summed E-state index contributed by atoms with van der Waals surface area (Å²) in [4.78, 5) is 16.1. The Hall–Kier alpha value is -0.810. The van der Waals surface area contributed by atoms with Crippen LogP contribution >= 0.6 is 11.3 Å². The van der Waals surface area contributed by atoms with Crippen LogP contribution in [0.2, 0.25) is 0 Å². The van der Waals surface area contributed by atoms with Crippen LogP contribution in [0.3, 0.4) is 0 Å². The number of hydrogen-bond acceptors (Lipinski definition) is 4. The summed E-state index contributed by atoms with van der Waals surface area (Å²) in [5.41, 5.74) is 0.969. The van der Waals surface area contributed by atoms with Gasteiger partial charge in [0.2, 0.25) is 0 Å². The summed E-state index contributed by atoms with van der Waals surface area (Å²) in [7, 11) is 0. The van der Waals surface area contributed by atoms with Crippen molar-refractivity contribution in [3.05, 3.63) is 15.4 Å². The molecule has 4 nitrogen and oxygen atoms in total. The maximum Gasteiger partial charge on any atom is 0.306 e. The number of hydrogen-bond donors (Lipinski definition) is 1. The number of H-pyrrole nitrogens is 1. The van der Waals surface area contributed by atoms with Gasteiger partial charge in [-0.1, -0.05) is 11.3 Å². The summed E-state index contributed by atoms with van der Waals surface area (Å²) < 4.78 is 5.24. The third-order valence-corrected chi connectivity index (χ3v) is 3.14. The molecule has 1 saturated heterocycles.